The van der Waals surface area contributed by atoms with E-state index in [-0.39, 0.29) is 17.9 Å². The summed E-state index contributed by atoms with van der Waals surface area (Å²) >= 11 is 6.03. The number of carbonyl (C=O) groups is 1. The summed E-state index contributed by atoms with van der Waals surface area (Å²) < 4.78 is 0. The molecule has 0 aromatic heterocycles. The number of hydrogen-bond acceptors (Lipinski definition) is 2. The smallest absolute Gasteiger partial charge is 0.223 e. The monoisotopic (exact) mass is 294 g/mol. The van der Waals surface area contributed by atoms with Gasteiger partial charge in [-0.3, -0.25) is 4.79 Å². The van der Waals surface area contributed by atoms with Crippen LogP contribution in [-0.2, 0) is 4.79 Å². The van der Waals surface area contributed by atoms with Gasteiger partial charge in [-0.25, -0.2) is 0 Å². The number of nitrogens with two attached hydrogens (primary N) is 1. The van der Waals surface area contributed by atoms with Gasteiger partial charge < -0.3 is 11.1 Å². The first kappa shape index (κ1) is 15.3. The van der Waals surface area contributed by atoms with Gasteiger partial charge in [-0.15, -0.1) is 0 Å². The molecule has 0 bridgehead atoms. The van der Waals surface area contributed by atoms with Crippen LogP contribution >= 0.6 is 11.6 Å². The fourth-order valence-corrected chi connectivity index (χ4v) is 3.29. The molecular weight excluding hydrogens is 272 g/mol. The van der Waals surface area contributed by atoms with E-state index in [1.54, 1.807) is 0 Å². The summed E-state index contributed by atoms with van der Waals surface area (Å²) in [6, 6.07) is 7.73. The second kappa shape index (κ2) is 7.09. The topological polar surface area (TPSA) is 55.1 Å². The zero-order valence-electron chi connectivity index (χ0n) is 11.9. The van der Waals surface area contributed by atoms with Crippen molar-refractivity contribution >= 4 is 17.5 Å². The lowest BCUT2D eigenvalue weighted by atomic mass is 9.94. The summed E-state index contributed by atoms with van der Waals surface area (Å²) in [5.41, 5.74) is 6.82. The maximum atomic E-state index is 12.4. The first-order valence-electron chi connectivity index (χ1n) is 7.41. The Hall–Kier alpha value is -1.06. The molecule has 0 saturated heterocycles. The third-order valence-corrected chi connectivity index (χ3v) is 4.51. The van der Waals surface area contributed by atoms with Gasteiger partial charge in [0.2, 0.25) is 5.91 Å². The third-order valence-electron chi connectivity index (χ3n) is 4.27. The van der Waals surface area contributed by atoms with Crippen LogP contribution in [0.25, 0.3) is 0 Å². The number of nitrogens with one attached hydrogen (secondary N) is 1. The Morgan fingerprint density at radius 1 is 1.50 bits per heavy atom. The van der Waals surface area contributed by atoms with E-state index in [0.717, 1.165) is 31.2 Å². The maximum Gasteiger partial charge on any atom is 0.223 e. The molecule has 3 N–H and O–H groups in total. The molecule has 4 heteroatoms. The van der Waals surface area contributed by atoms with Crippen molar-refractivity contribution in [3.8, 4) is 0 Å². The maximum absolute atomic E-state index is 12.4. The second-order valence-corrected chi connectivity index (χ2v) is 5.99. The Labute approximate surface area is 125 Å². The molecule has 3 nitrogen and oxygen atoms in total. The molecule has 1 aliphatic rings. The van der Waals surface area contributed by atoms with E-state index >= 15 is 0 Å². The van der Waals surface area contributed by atoms with Gasteiger partial charge in [0.15, 0.2) is 0 Å². The standard InChI is InChI=1S/C16H23ClN2O/c1-2-15(11-5-3-7-13(17)9-11)19-16(20)14-8-4-6-12(14)10-18/h3,5,7,9,12,14-15H,2,4,6,8,10,18H2,1H3,(H,19,20)/t12-,14-,15?/m1/s1. The highest BCUT2D eigenvalue weighted by Gasteiger charge is 2.32. The fourth-order valence-electron chi connectivity index (χ4n) is 3.09. The summed E-state index contributed by atoms with van der Waals surface area (Å²) in [4.78, 5) is 12.4. The highest BCUT2D eigenvalue weighted by atomic mass is 35.5. The van der Waals surface area contributed by atoms with E-state index in [0.29, 0.717) is 17.5 Å². The van der Waals surface area contributed by atoms with Crippen LogP contribution < -0.4 is 11.1 Å². The molecule has 0 aliphatic heterocycles. The Bertz CT molecular complexity index is 464. The first-order valence-corrected chi connectivity index (χ1v) is 7.79. The van der Waals surface area contributed by atoms with Crippen LogP contribution in [0.4, 0.5) is 0 Å². The lowest BCUT2D eigenvalue weighted by Crippen LogP contribution is -2.37. The largest absolute Gasteiger partial charge is 0.349 e. The Kier molecular flexibility index (Phi) is 5.44. The minimum absolute atomic E-state index is 0.0280. The van der Waals surface area contributed by atoms with Gasteiger partial charge in [0.05, 0.1) is 6.04 Å². The number of halogens is 1. The van der Waals surface area contributed by atoms with Gasteiger partial charge in [-0.2, -0.15) is 0 Å². The van der Waals surface area contributed by atoms with Crippen molar-refractivity contribution in [2.75, 3.05) is 6.54 Å². The number of benzene rings is 1. The fraction of sp³-hybridized carbons (Fsp3) is 0.562. The van der Waals surface area contributed by atoms with Crippen molar-refractivity contribution < 1.29 is 4.79 Å². The quantitative estimate of drug-likeness (QED) is 0.875. The average Bonchev–Trinajstić information content (AvgIpc) is 2.93. The van der Waals surface area contributed by atoms with Crippen LogP contribution in [0.15, 0.2) is 24.3 Å². The van der Waals surface area contributed by atoms with Crippen molar-refractivity contribution in [3.05, 3.63) is 34.9 Å². The molecule has 3 atom stereocenters. The predicted octanol–water partition coefficient (Wildman–Crippen LogP) is 3.28. The molecule has 1 saturated carbocycles. The van der Waals surface area contributed by atoms with Crippen molar-refractivity contribution in [1.82, 2.24) is 5.32 Å². The van der Waals surface area contributed by atoms with Crippen molar-refractivity contribution in [1.29, 1.82) is 0 Å². The van der Waals surface area contributed by atoms with Gasteiger partial charge in [0.25, 0.3) is 0 Å². The van der Waals surface area contributed by atoms with E-state index in [4.69, 9.17) is 17.3 Å². The minimum Gasteiger partial charge on any atom is -0.349 e. The summed E-state index contributed by atoms with van der Waals surface area (Å²) in [6.07, 6.45) is 3.99. The molecule has 1 amide bonds. The van der Waals surface area contributed by atoms with Crippen LogP contribution in [0.1, 0.15) is 44.2 Å². The van der Waals surface area contributed by atoms with Crippen molar-refractivity contribution in [2.24, 2.45) is 17.6 Å². The highest BCUT2D eigenvalue weighted by molar-refractivity contribution is 6.30. The molecule has 1 unspecified atom stereocenters. The van der Waals surface area contributed by atoms with Gasteiger partial charge >= 0.3 is 0 Å². The van der Waals surface area contributed by atoms with Gasteiger partial charge in [0, 0.05) is 10.9 Å². The zero-order valence-corrected chi connectivity index (χ0v) is 12.7. The summed E-state index contributed by atoms with van der Waals surface area (Å²) in [7, 11) is 0. The molecule has 1 aliphatic carbocycles. The molecule has 20 heavy (non-hydrogen) atoms. The Morgan fingerprint density at radius 3 is 2.95 bits per heavy atom. The first-order chi connectivity index (χ1) is 9.65. The van der Waals surface area contributed by atoms with E-state index in [1.165, 1.54) is 0 Å². The van der Waals surface area contributed by atoms with E-state index < -0.39 is 0 Å². The summed E-state index contributed by atoms with van der Waals surface area (Å²) in [6.45, 7) is 2.67. The molecular formula is C16H23ClN2O. The normalized spacial score (nSPS) is 23.6. The van der Waals surface area contributed by atoms with E-state index in [2.05, 4.69) is 12.2 Å². The lowest BCUT2D eigenvalue weighted by Gasteiger charge is -2.23. The Balaban J connectivity index is 2.04. The van der Waals surface area contributed by atoms with Crippen LogP contribution in [0.2, 0.25) is 5.02 Å². The van der Waals surface area contributed by atoms with Gasteiger partial charge in [-0.05, 0) is 49.4 Å². The van der Waals surface area contributed by atoms with Crippen LogP contribution in [0.5, 0.6) is 0 Å². The van der Waals surface area contributed by atoms with Crippen molar-refractivity contribution in [3.63, 3.8) is 0 Å². The van der Waals surface area contributed by atoms with E-state index in [9.17, 15) is 4.79 Å². The predicted molar refractivity (Wildman–Crippen MR) is 82.5 cm³/mol. The number of rotatable bonds is 5. The van der Waals surface area contributed by atoms with Gasteiger partial charge in [-0.1, -0.05) is 37.1 Å². The molecule has 1 fully saturated rings. The average molecular weight is 295 g/mol. The molecule has 1 aromatic carbocycles. The Morgan fingerprint density at radius 2 is 2.30 bits per heavy atom. The summed E-state index contributed by atoms with van der Waals surface area (Å²) in [5, 5.41) is 3.87. The number of hydrogen-bond donors (Lipinski definition) is 2. The van der Waals surface area contributed by atoms with Crippen LogP contribution in [-0.4, -0.2) is 12.5 Å². The third kappa shape index (κ3) is 3.53. The van der Waals surface area contributed by atoms with Crippen molar-refractivity contribution in [2.45, 2.75) is 38.6 Å². The molecule has 0 spiro atoms. The van der Waals surface area contributed by atoms with Gasteiger partial charge in [0.1, 0.15) is 0 Å². The van der Waals surface area contributed by atoms with Crippen LogP contribution in [0, 0.1) is 11.8 Å². The molecule has 0 radical (unpaired) electrons. The zero-order chi connectivity index (χ0) is 14.5. The minimum atomic E-state index is 0.0280. The molecule has 1 aromatic rings. The number of amides is 1. The molecule has 2 rings (SSSR count). The lowest BCUT2D eigenvalue weighted by molar-refractivity contribution is -0.126. The second-order valence-electron chi connectivity index (χ2n) is 5.56. The molecule has 110 valence electrons. The molecule has 0 heterocycles. The highest BCUT2D eigenvalue weighted by Crippen LogP contribution is 2.32. The SMILES string of the molecule is CCC(NC(=O)[C@@H]1CCC[C@@H]1CN)c1cccc(Cl)c1. The van der Waals surface area contributed by atoms with E-state index in [1.807, 2.05) is 24.3 Å². The summed E-state index contributed by atoms with van der Waals surface area (Å²) in [5.74, 6) is 0.560. The van der Waals surface area contributed by atoms with Crippen LogP contribution in [0.3, 0.4) is 0 Å². The number of carbonyl (C=O) groups excluding carboxylic acids is 1.